The maximum atomic E-state index is 13.4. The zero-order valence-corrected chi connectivity index (χ0v) is 21.6. The van der Waals surface area contributed by atoms with Gasteiger partial charge in [-0.3, -0.25) is 9.59 Å². The van der Waals surface area contributed by atoms with Gasteiger partial charge in [0.05, 0.1) is 0 Å². The van der Waals surface area contributed by atoms with Crippen molar-refractivity contribution in [3.63, 3.8) is 0 Å². The minimum Gasteiger partial charge on any atom is -0.352 e. The van der Waals surface area contributed by atoms with E-state index in [1.165, 1.54) is 5.56 Å². The maximum absolute atomic E-state index is 13.4. The molecule has 4 nitrogen and oxygen atoms in total. The summed E-state index contributed by atoms with van der Waals surface area (Å²) in [4.78, 5) is 28.3. The summed E-state index contributed by atoms with van der Waals surface area (Å²) in [5.74, 6) is -0.0510. The molecule has 0 fully saturated rings. The summed E-state index contributed by atoms with van der Waals surface area (Å²) >= 11 is 0. The van der Waals surface area contributed by atoms with E-state index in [2.05, 4.69) is 56.4 Å². The van der Waals surface area contributed by atoms with Gasteiger partial charge in [0.2, 0.25) is 11.8 Å². The van der Waals surface area contributed by atoms with Crippen LogP contribution < -0.4 is 5.32 Å². The first kappa shape index (κ1) is 26.6. The van der Waals surface area contributed by atoms with Crippen LogP contribution in [0.25, 0.3) is 0 Å². The van der Waals surface area contributed by atoms with E-state index in [0.29, 0.717) is 25.8 Å². The standard InChI is InChI=1S/C29H42N2O2/c1-8-22(4)30-28(33)26(9-2)31(20-24-12-10-11-21(3)19-24)27(32)18-15-23-13-16-25(17-14-23)29(5,6)7/h10-14,16-17,19,22,26H,8-9,15,18,20H2,1-7H3,(H,30,33)/t22-,26+/m0/s1. The molecule has 0 saturated heterocycles. The molecule has 2 aromatic carbocycles. The summed E-state index contributed by atoms with van der Waals surface area (Å²) in [6, 6.07) is 16.3. The Hall–Kier alpha value is -2.62. The second-order valence-electron chi connectivity index (χ2n) is 10.2. The fourth-order valence-electron chi connectivity index (χ4n) is 3.93. The summed E-state index contributed by atoms with van der Waals surface area (Å²) in [6.07, 6.45) is 2.49. The Morgan fingerprint density at radius 1 is 0.970 bits per heavy atom. The number of hydrogen-bond acceptors (Lipinski definition) is 2. The first-order chi connectivity index (χ1) is 15.5. The van der Waals surface area contributed by atoms with E-state index < -0.39 is 6.04 Å². The maximum Gasteiger partial charge on any atom is 0.243 e. The van der Waals surface area contributed by atoms with Gasteiger partial charge in [0.15, 0.2) is 0 Å². The predicted octanol–water partition coefficient (Wildman–Crippen LogP) is 5.95. The van der Waals surface area contributed by atoms with Crippen molar-refractivity contribution < 1.29 is 9.59 Å². The van der Waals surface area contributed by atoms with Crippen molar-refractivity contribution in [1.82, 2.24) is 10.2 Å². The minimum absolute atomic E-state index is 0.0163. The molecule has 0 heterocycles. The Morgan fingerprint density at radius 3 is 2.18 bits per heavy atom. The zero-order chi connectivity index (χ0) is 24.6. The Morgan fingerprint density at radius 2 is 1.64 bits per heavy atom. The molecular weight excluding hydrogens is 408 g/mol. The van der Waals surface area contributed by atoms with Gasteiger partial charge < -0.3 is 10.2 Å². The molecule has 1 N–H and O–H groups in total. The largest absolute Gasteiger partial charge is 0.352 e. The summed E-state index contributed by atoms with van der Waals surface area (Å²) < 4.78 is 0. The van der Waals surface area contributed by atoms with Gasteiger partial charge in [-0.2, -0.15) is 0 Å². The van der Waals surface area contributed by atoms with E-state index in [0.717, 1.165) is 23.1 Å². The van der Waals surface area contributed by atoms with Gasteiger partial charge in [-0.05, 0) is 55.2 Å². The van der Waals surface area contributed by atoms with Crippen molar-refractivity contribution in [2.24, 2.45) is 0 Å². The summed E-state index contributed by atoms with van der Waals surface area (Å²) in [5, 5.41) is 3.07. The number of hydrogen-bond donors (Lipinski definition) is 1. The van der Waals surface area contributed by atoms with Crippen LogP contribution >= 0.6 is 0 Å². The molecule has 2 aromatic rings. The molecular formula is C29H42N2O2. The molecule has 2 atom stereocenters. The van der Waals surface area contributed by atoms with Crippen molar-refractivity contribution in [2.45, 2.75) is 98.2 Å². The molecule has 2 rings (SSSR count). The lowest BCUT2D eigenvalue weighted by Crippen LogP contribution is -2.50. The molecule has 0 aliphatic carbocycles. The molecule has 0 saturated carbocycles. The Balaban J connectivity index is 2.20. The highest BCUT2D eigenvalue weighted by Crippen LogP contribution is 2.23. The van der Waals surface area contributed by atoms with E-state index in [-0.39, 0.29) is 23.3 Å². The number of carbonyl (C=O) groups excluding carboxylic acids is 2. The summed E-state index contributed by atoms with van der Waals surface area (Å²) in [5.41, 5.74) is 4.73. The first-order valence-corrected chi connectivity index (χ1v) is 12.3. The van der Waals surface area contributed by atoms with E-state index in [9.17, 15) is 9.59 Å². The van der Waals surface area contributed by atoms with Crippen LogP contribution in [0.1, 0.15) is 83.1 Å². The second kappa shape index (κ2) is 12.0. The van der Waals surface area contributed by atoms with Crippen LogP contribution in [-0.2, 0) is 28.0 Å². The van der Waals surface area contributed by atoms with Gasteiger partial charge >= 0.3 is 0 Å². The van der Waals surface area contributed by atoms with Gasteiger partial charge in [0.1, 0.15) is 6.04 Å². The Bertz CT molecular complexity index is 912. The van der Waals surface area contributed by atoms with Gasteiger partial charge in [-0.25, -0.2) is 0 Å². The monoisotopic (exact) mass is 450 g/mol. The van der Waals surface area contributed by atoms with E-state index >= 15 is 0 Å². The highest BCUT2D eigenvalue weighted by molar-refractivity contribution is 5.87. The quantitative estimate of drug-likeness (QED) is 0.486. The molecule has 0 unspecified atom stereocenters. The highest BCUT2D eigenvalue weighted by atomic mass is 16.2. The average molecular weight is 451 g/mol. The Labute approximate surface area is 200 Å². The van der Waals surface area contributed by atoms with Gasteiger partial charge in [-0.15, -0.1) is 0 Å². The lowest BCUT2D eigenvalue weighted by Gasteiger charge is -2.31. The molecule has 2 amide bonds. The normalized spacial score (nSPS) is 13.3. The third-order valence-corrected chi connectivity index (χ3v) is 6.27. The Kier molecular flexibility index (Phi) is 9.70. The van der Waals surface area contributed by atoms with E-state index in [4.69, 9.17) is 0 Å². The van der Waals surface area contributed by atoms with Crippen molar-refractivity contribution >= 4 is 11.8 Å². The number of nitrogens with zero attached hydrogens (tertiary/aromatic N) is 1. The second-order valence-corrected chi connectivity index (χ2v) is 10.2. The number of aryl methyl sites for hydroxylation is 2. The van der Waals surface area contributed by atoms with Crippen molar-refractivity contribution in [3.8, 4) is 0 Å². The lowest BCUT2D eigenvalue weighted by atomic mass is 9.86. The molecule has 4 heteroatoms. The SMILES string of the molecule is CC[C@H](C(=O)N[C@@H](C)CC)N(Cc1cccc(C)c1)C(=O)CCc1ccc(C(C)(C)C)cc1. The summed E-state index contributed by atoms with van der Waals surface area (Å²) in [6.45, 7) is 15.1. The van der Waals surface area contributed by atoms with Gasteiger partial charge in [0, 0.05) is 19.0 Å². The number of carbonyl (C=O) groups is 2. The van der Waals surface area contributed by atoms with Crippen LogP contribution in [0, 0.1) is 6.92 Å². The molecule has 0 aromatic heterocycles. The van der Waals surface area contributed by atoms with E-state index in [1.54, 1.807) is 4.90 Å². The van der Waals surface area contributed by atoms with Crippen molar-refractivity contribution in [3.05, 3.63) is 70.8 Å². The molecule has 0 bridgehead atoms. The molecule has 180 valence electrons. The first-order valence-electron chi connectivity index (χ1n) is 12.3. The number of rotatable bonds is 10. The third-order valence-electron chi connectivity index (χ3n) is 6.27. The molecule has 0 radical (unpaired) electrons. The van der Waals surface area contributed by atoms with Crippen LogP contribution in [0.2, 0.25) is 0 Å². The highest BCUT2D eigenvalue weighted by Gasteiger charge is 2.29. The minimum atomic E-state index is -0.477. The third kappa shape index (κ3) is 8.03. The fourth-order valence-corrected chi connectivity index (χ4v) is 3.93. The average Bonchev–Trinajstić information content (AvgIpc) is 2.77. The van der Waals surface area contributed by atoms with Crippen molar-refractivity contribution in [2.75, 3.05) is 0 Å². The number of amides is 2. The number of benzene rings is 2. The smallest absolute Gasteiger partial charge is 0.243 e. The molecule has 0 aliphatic rings. The molecule has 0 spiro atoms. The van der Waals surface area contributed by atoms with Crippen LogP contribution in [0.4, 0.5) is 0 Å². The lowest BCUT2D eigenvalue weighted by molar-refractivity contribution is -0.141. The summed E-state index contributed by atoms with van der Waals surface area (Å²) in [7, 11) is 0. The van der Waals surface area contributed by atoms with E-state index in [1.807, 2.05) is 45.9 Å². The fraction of sp³-hybridized carbons (Fsp3) is 0.517. The predicted molar refractivity (Wildman–Crippen MR) is 137 cm³/mol. The van der Waals surface area contributed by atoms with Crippen LogP contribution in [-0.4, -0.2) is 28.8 Å². The number of nitrogens with one attached hydrogen (secondary N) is 1. The van der Waals surface area contributed by atoms with Gasteiger partial charge in [-0.1, -0.05) is 88.7 Å². The molecule has 33 heavy (non-hydrogen) atoms. The van der Waals surface area contributed by atoms with Crippen molar-refractivity contribution in [1.29, 1.82) is 0 Å². The molecule has 0 aliphatic heterocycles. The van der Waals surface area contributed by atoms with Crippen LogP contribution in [0.3, 0.4) is 0 Å². The van der Waals surface area contributed by atoms with Crippen LogP contribution in [0.15, 0.2) is 48.5 Å². The van der Waals surface area contributed by atoms with Gasteiger partial charge in [0.25, 0.3) is 0 Å². The van der Waals surface area contributed by atoms with Crippen LogP contribution in [0.5, 0.6) is 0 Å². The topological polar surface area (TPSA) is 49.4 Å². The zero-order valence-electron chi connectivity index (χ0n) is 21.6.